The molecule has 0 spiro atoms. The number of halogens is 1. The van der Waals surface area contributed by atoms with Crippen molar-refractivity contribution in [3.63, 3.8) is 0 Å². The first-order valence-electron chi connectivity index (χ1n) is 8.73. The van der Waals surface area contributed by atoms with Crippen LogP contribution in [0.15, 0.2) is 35.3 Å². The largest absolute Gasteiger partial charge is 0.450 e. The van der Waals surface area contributed by atoms with E-state index < -0.39 is 0 Å². The first-order chi connectivity index (χ1) is 12.2. The summed E-state index contributed by atoms with van der Waals surface area (Å²) in [5.74, 6) is 0.840. The van der Waals surface area contributed by atoms with Gasteiger partial charge in [0.05, 0.1) is 19.8 Å². The minimum absolute atomic E-state index is 0. The van der Waals surface area contributed by atoms with Gasteiger partial charge in [-0.2, -0.15) is 0 Å². The zero-order valence-corrected chi connectivity index (χ0v) is 17.8. The van der Waals surface area contributed by atoms with Gasteiger partial charge < -0.3 is 24.6 Å². The number of nitrogens with one attached hydrogen (secondary N) is 1. The van der Waals surface area contributed by atoms with Crippen LogP contribution >= 0.6 is 24.0 Å². The maximum Gasteiger partial charge on any atom is 0.409 e. The van der Waals surface area contributed by atoms with Gasteiger partial charge in [-0.25, -0.2) is 4.79 Å². The molecule has 0 aromatic heterocycles. The average molecular weight is 476 g/mol. The number of carbonyl (C=O) groups excluding carboxylic acids is 1. The molecule has 26 heavy (non-hydrogen) atoms. The van der Waals surface area contributed by atoms with Crippen molar-refractivity contribution in [2.24, 2.45) is 4.99 Å². The van der Waals surface area contributed by atoms with Crippen LogP contribution in [0.3, 0.4) is 0 Å². The van der Waals surface area contributed by atoms with Gasteiger partial charge >= 0.3 is 6.09 Å². The van der Waals surface area contributed by atoms with E-state index in [1.54, 1.807) is 11.9 Å². The van der Waals surface area contributed by atoms with Crippen molar-refractivity contribution in [1.29, 1.82) is 0 Å². The molecule has 1 aliphatic heterocycles. The molecular weight excluding hydrogens is 447 g/mol. The Morgan fingerprint density at radius 2 is 1.81 bits per heavy atom. The van der Waals surface area contributed by atoms with Crippen LogP contribution in [-0.2, 0) is 16.1 Å². The third-order valence-corrected chi connectivity index (χ3v) is 3.96. The number of ether oxygens (including phenoxy) is 2. The van der Waals surface area contributed by atoms with Crippen LogP contribution in [0.5, 0.6) is 0 Å². The monoisotopic (exact) mass is 476 g/mol. The summed E-state index contributed by atoms with van der Waals surface area (Å²) in [6.07, 6.45) is -0.237. The maximum absolute atomic E-state index is 11.7. The molecule has 0 saturated carbocycles. The predicted molar refractivity (Wildman–Crippen MR) is 113 cm³/mol. The number of carbonyl (C=O) groups is 1. The van der Waals surface area contributed by atoms with Gasteiger partial charge in [0, 0.05) is 39.8 Å². The van der Waals surface area contributed by atoms with Crippen molar-refractivity contribution in [2.45, 2.75) is 13.5 Å². The highest BCUT2D eigenvalue weighted by Crippen LogP contribution is 2.04. The molecule has 1 N–H and O–H groups in total. The zero-order valence-electron chi connectivity index (χ0n) is 15.5. The fourth-order valence-electron chi connectivity index (χ4n) is 2.65. The Morgan fingerprint density at radius 3 is 2.42 bits per heavy atom. The van der Waals surface area contributed by atoms with E-state index in [0.29, 0.717) is 39.5 Å². The van der Waals surface area contributed by atoms with Gasteiger partial charge in [0.15, 0.2) is 5.96 Å². The van der Waals surface area contributed by atoms with Crippen molar-refractivity contribution < 1.29 is 14.3 Å². The molecular formula is C18H29IN4O3. The van der Waals surface area contributed by atoms with Gasteiger partial charge in [0.25, 0.3) is 0 Å². The standard InChI is InChI=1S/C18H28N4O3.HI/c1-3-25-18(23)22-12-10-21(11-13-22)17(19-2)20-9-14-24-15-16-7-5-4-6-8-16;/h4-8H,3,9-15H2,1-2H3,(H,19,20);1H. The Labute approximate surface area is 172 Å². The van der Waals surface area contributed by atoms with Gasteiger partial charge in [-0.3, -0.25) is 4.99 Å². The van der Waals surface area contributed by atoms with Crippen molar-refractivity contribution >= 4 is 36.0 Å². The molecule has 8 heteroatoms. The van der Waals surface area contributed by atoms with Crippen LogP contribution in [0.25, 0.3) is 0 Å². The van der Waals surface area contributed by atoms with Crippen LogP contribution in [0.2, 0.25) is 0 Å². The number of hydrogen-bond acceptors (Lipinski definition) is 4. The van der Waals surface area contributed by atoms with Crippen LogP contribution in [0.4, 0.5) is 4.79 Å². The molecule has 0 bridgehead atoms. The van der Waals surface area contributed by atoms with Crippen molar-refractivity contribution in [1.82, 2.24) is 15.1 Å². The average Bonchev–Trinajstić information content (AvgIpc) is 2.66. The van der Waals surface area contributed by atoms with Gasteiger partial charge in [-0.1, -0.05) is 30.3 Å². The van der Waals surface area contributed by atoms with Crippen molar-refractivity contribution in [3.05, 3.63) is 35.9 Å². The van der Waals surface area contributed by atoms with Crippen LogP contribution in [0, 0.1) is 0 Å². The Morgan fingerprint density at radius 1 is 1.15 bits per heavy atom. The number of aliphatic imine (C=N–C) groups is 1. The molecule has 1 aromatic rings. The number of hydrogen-bond donors (Lipinski definition) is 1. The molecule has 0 unspecified atom stereocenters. The summed E-state index contributed by atoms with van der Waals surface area (Å²) in [5, 5.41) is 3.31. The van der Waals surface area contributed by atoms with Crippen molar-refractivity contribution in [3.8, 4) is 0 Å². The molecule has 1 amide bonds. The molecule has 1 heterocycles. The lowest BCUT2D eigenvalue weighted by atomic mass is 10.2. The summed E-state index contributed by atoms with van der Waals surface area (Å²) < 4.78 is 10.7. The number of piperazine rings is 1. The minimum atomic E-state index is -0.237. The molecule has 1 aliphatic rings. The van der Waals surface area contributed by atoms with Crippen LogP contribution in [0.1, 0.15) is 12.5 Å². The number of nitrogens with zero attached hydrogens (tertiary/aromatic N) is 3. The van der Waals surface area contributed by atoms with Gasteiger partial charge in [-0.05, 0) is 12.5 Å². The Bertz CT molecular complexity index is 549. The van der Waals surface area contributed by atoms with E-state index in [1.807, 2.05) is 25.1 Å². The van der Waals surface area contributed by atoms with E-state index in [4.69, 9.17) is 9.47 Å². The van der Waals surface area contributed by atoms with E-state index in [9.17, 15) is 4.79 Å². The Balaban J connectivity index is 0.00000338. The van der Waals surface area contributed by atoms with Crippen LogP contribution < -0.4 is 5.32 Å². The fraction of sp³-hybridized carbons (Fsp3) is 0.556. The van der Waals surface area contributed by atoms with E-state index in [-0.39, 0.29) is 30.1 Å². The van der Waals surface area contributed by atoms with Crippen LogP contribution in [-0.4, -0.2) is 74.8 Å². The van der Waals surface area contributed by atoms with E-state index in [1.165, 1.54) is 5.56 Å². The van der Waals surface area contributed by atoms with E-state index in [2.05, 4.69) is 27.3 Å². The normalized spacial score (nSPS) is 14.6. The topological polar surface area (TPSA) is 66.4 Å². The minimum Gasteiger partial charge on any atom is -0.450 e. The molecule has 0 radical (unpaired) electrons. The second kappa shape index (κ2) is 12.7. The third-order valence-electron chi connectivity index (χ3n) is 3.96. The fourth-order valence-corrected chi connectivity index (χ4v) is 2.65. The smallest absolute Gasteiger partial charge is 0.409 e. The third kappa shape index (κ3) is 7.36. The summed E-state index contributed by atoms with van der Waals surface area (Å²) in [5.41, 5.74) is 1.17. The highest BCUT2D eigenvalue weighted by atomic mass is 127. The zero-order chi connectivity index (χ0) is 17.9. The van der Waals surface area contributed by atoms with Crippen molar-refractivity contribution in [2.75, 3.05) is 53.0 Å². The summed E-state index contributed by atoms with van der Waals surface area (Å²) in [6.45, 7) is 6.90. The molecule has 1 aromatic carbocycles. The SMILES string of the molecule is CCOC(=O)N1CCN(C(=NC)NCCOCc2ccccc2)CC1.I. The van der Waals surface area contributed by atoms with E-state index in [0.717, 1.165) is 19.0 Å². The lowest BCUT2D eigenvalue weighted by Gasteiger charge is -2.35. The van der Waals surface area contributed by atoms with E-state index >= 15 is 0 Å². The molecule has 0 aliphatic carbocycles. The quantitative estimate of drug-likeness (QED) is 0.295. The summed E-state index contributed by atoms with van der Waals surface area (Å²) in [4.78, 5) is 19.9. The highest BCUT2D eigenvalue weighted by Gasteiger charge is 2.23. The molecule has 1 saturated heterocycles. The second-order valence-electron chi connectivity index (χ2n) is 5.69. The Kier molecular flexibility index (Phi) is 11.0. The summed E-state index contributed by atoms with van der Waals surface area (Å²) in [6, 6.07) is 10.1. The molecule has 2 rings (SSSR count). The summed E-state index contributed by atoms with van der Waals surface area (Å²) >= 11 is 0. The molecule has 0 atom stereocenters. The number of benzene rings is 1. The molecule has 146 valence electrons. The first-order valence-corrected chi connectivity index (χ1v) is 8.73. The van der Waals surface area contributed by atoms with Gasteiger partial charge in [0.1, 0.15) is 0 Å². The first kappa shape index (κ1) is 22.5. The molecule has 7 nitrogen and oxygen atoms in total. The summed E-state index contributed by atoms with van der Waals surface area (Å²) in [7, 11) is 1.77. The van der Waals surface area contributed by atoms with Gasteiger partial charge in [-0.15, -0.1) is 24.0 Å². The Hall–Kier alpha value is -1.55. The number of rotatable bonds is 6. The lowest BCUT2D eigenvalue weighted by molar-refractivity contribution is 0.0911. The molecule has 1 fully saturated rings. The lowest BCUT2D eigenvalue weighted by Crippen LogP contribution is -2.54. The second-order valence-corrected chi connectivity index (χ2v) is 5.69. The predicted octanol–water partition coefficient (Wildman–Crippen LogP) is 2.17. The number of amides is 1. The number of guanidine groups is 1. The maximum atomic E-state index is 11.7. The van der Waals surface area contributed by atoms with Gasteiger partial charge in [0.2, 0.25) is 0 Å². The highest BCUT2D eigenvalue weighted by molar-refractivity contribution is 14.0.